The van der Waals surface area contributed by atoms with E-state index in [2.05, 4.69) is 25.8 Å². The maximum Gasteiger partial charge on any atom is 0.319 e. The Morgan fingerprint density at radius 2 is 2.11 bits per heavy atom. The summed E-state index contributed by atoms with van der Waals surface area (Å²) in [6, 6.07) is 7.04. The lowest BCUT2D eigenvalue weighted by molar-refractivity contribution is 0.251. The van der Waals surface area contributed by atoms with E-state index in [1.807, 2.05) is 12.1 Å². The number of urea groups is 1. The first-order valence-corrected chi connectivity index (χ1v) is 5.46. The van der Waals surface area contributed by atoms with Gasteiger partial charge in [0.2, 0.25) is 0 Å². The number of carbonyl (C=O) groups is 1. The molecular formula is C11H14N6O. The van der Waals surface area contributed by atoms with Crippen molar-refractivity contribution in [2.75, 3.05) is 5.32 Å². The van der Waals surface area contributed by atoms with Crippen LogP contribution in [0.1, 0.15) is 11.4 Å². The van der Waals surface area contributed by atoms with Gasteiger partial charge >= 0.3 is 6.03 Å². The minimum Gasteiger partial charge on any atom is -0.331 e. The topological polar surface area (TPSA) is 109 Å². The Bertz CT molecular complexity index is 493. The van der Waals surface area contributed by atoms with Crippen LogP contribution in [0, 0.1) is 0 Å². The molecule has 0 saturated carbocycles. The molecule has 0 atom stereocenters. The summed E-state index contributed by atoms with van der Waals surface area (Å²) in [4.78, 5) is 15.4. The highest BCUT2D eigenvalue weighted by Gasteiger charge is 2.02. The van der Waals surface area contributed by atoms with Crippen LogP contribution < -0.4 is 16.4 Å². The third kappa shape index (κ3) is 3.29. The van der Waals surface area contributed by atoms with Crippen LogP contribution in [-0.2, 0) is 13.1 Å². The van der Waals surface area contributed by atoms with Crippen molar-refractivity contribution in [3.63, 3.8) is 0 Å². The van der Waals surface area contributed by atoms with Gasteiger partial charge in [-0.25, -0.2) is 9.78 Å². The molecular weight excluding hydrogens is 232 g/mol. The van der Waals surface area contributed by atoms with Gasteiger partial charge in [-0.15, -0.1) is 0 Å². The molecule has 0 saturated heterocycles. The van der Waals surface area contributed by atoms with Crippen LogP contribution in [0.5, 0.6) is 0 Å². The van der Waals surface area contributed by atoms with E-state index in [1.54, 1.807) is 12.1 Å². The lowest BCUT2D eigenvalue weighted by Crippen LogP contribution is -2.28. The van der Waals surface area contributed by atoms with E-state index >= 15 is 0 Å². The number of nitrogens with one attached hydrogen (secondary N) is 3. The fraction of sp³-hybridized carbons (Fsp3) is 0.182. The zero-order valence-electron chi connectivity index (χ0n) is 9.68. The molecule has 0 aliphatic heterocycles. The predicted molar refractivity (Wildman–Crippen MR) is 66.6 cm³/mol. The highest BCUT2D eigenvalue weighted by atomic mass is 16.2. The number of anilines is 1. The van der Waals surface area contributed by atoms with Crippen LogP contribution in [-0.4, -0.2) is 21.2 Å². The second-order valence-electron chi connectivity index (χ2n) is 3.64. The predicted octanol–water partition coefficient (Wildman–Crippen LogP) is 0.585. The lowest BCUT2D eigenvalue weighted by atomic mass is 10.2. The van der Waals surface area contributed by atoms with E-state index in [1.165, 1.54) is 6.33 Å². The summed E-state index contributed by atoms with van der Waals surface area (Å²) in [5.41, 5.74) is 7.21. The molecule has 0 bridgehead atoms. The number of amides is 2. The number of rotatable bonds is 4. The molecule has 0 radical (unpaired) electrons. The Morgan fingerprint density at radius 3 is 2.72 bits per heavy atom. The van der Waals surface area contributed by atoms with Gasteiger partial charge in [-0.2, -0.15) is 5.10 Å². The van der Waals surface area contributed by atoms with Crippen LogP contribution in [0.4, 0.5) is 10.5 Å². The average Bonchev–Trinajstić information content (AvgIpc) is 2.90. The first kappa shape index (κ1) is 12.1. The molecule has 94 valence electrons. The number of nitrogens with two attached hydrogens (primary N) is 1. The number of aromatic amines is 1. The first-order chi connectivity index (χ1) is 8.78. The Balaban J connectivity index is 1.83. The van der Waals surface area contributed by atoms with Crippen molar-refractivity contribution in [3.05, 3.63) is 42.0 Å². The third-order valence-corrected chi connectivity index (χ3v) is 2.33. The van der Waals surface area contributed by atoms with Crippen molar-refractivity contribution < 1.29 is 4.79 Å². The van der Waals surface area contributed by atoms with Gasteiger partial charge in [0, 0.05) is 12.2 Å². The number of hydrogen-bond donors (Lipinski definition) is 4. The SMILES string of the molecule is NCc1ccc(NC(=O)NCc2ncn[nH]2)cc1. The monoisotopic (exact) mass is 246 g/mol. The van der Waals surface area contributed by atoms with E-state index in [0.29, 0.717) is 24.6 Å². The van der Waals surface area contributed by atoms with Gasteiger partial charge in [0.15, 0.2) is 0 Å². The molecule has 2 aromatic rings. The van der Waals surface area contributed by atoms with E-state index in [4.69, 9.17) is 5.73 Å². The molecule has 2 amide bonds. The summed E-state index contributed by atoms with van der Waals surface area (Å²) in [7, 11) is 0. The standard InChI is InChI=1S/C11H14N6O/c12-5-8-1-3-9(4-2-8)16-11(18)13-6-10-14-7-15-17-10/h1-4,7H,5-6,12H2,(H2,13,16,18)(H,14,15,17). The Labute approximate surface area is 104 Å². The van der Waals surface area contributed by atoms with Crippen LogP contribution in [0.2, 0.25) is 0 Å². The zero-order valence-corrected chi connectivity index (χ0v) is 9.68. The number of benzene rings is 1. The van der Waals surface area contributed by atoms with Gasteiger partial charge in [0.1, 0.15) is 12.2 Å². The van der Waals surface area contributed by atoms with Crippen LogP contribution in [0.25, 0.3) is 0 Å². The van der Waals surface area contributed by atoms with Crippen LogP contribution in [0.3, 0.4) is 0 Å². The largest absolute Gasteiger partial charge is 0.331 e. The second kappa shape index (κ2) is 5.78. The Kier molecular flexibility index (Phi) is 3.87. The van der Waals surface area contributed by atoms with Gasteiger partial charge < -0.3 is 16.4 Å². The van der Waals surface area contributed by atoms with Crippen molar-refractivity contribution >= 4 is 11.7 Å². The van der Waals surface area contributed by atoms with Gasteiger partial charge in [-0.1, -0.05) is 12.1 Å². The number of carbonyl (C=O) groups excluding carboxylic acids is 1. The summed E-state index contributed by atoms with van der Waals surface area (Å²) in [5, 5.41) is 11.7. The van der Waals surface area contributed by atoms with Crippen molar-refractivity contribution in [1.82, 2.24) is 20.5 Å². The average molecular weight is 246 g/mol. The molecule has 0 aliphatic rings. The zero-order chi connectivity index (χ0) is 12.8. The molecule has 18 heavy (non-hydrogen) atoms. The molecule has 7 nitrogen and oxygen atoms in total. The molecule has 0 unspecified atom stereocenters. The highest BCUT2D eigenvalue weighted by molar-refractivity contribution is 5.89. The minimum absolute atomic E-state index is 0.298. The molecule has 5 N–H and O–H groups in total. The normalized spacial score (nSPS) is 10.1. The van der Waals surface area contributed by atoms with Crippen molar-refractivity contribution in [2.45, 2.75) is 13.1 Å². The quantitative estimate of drug-likeness (QED) is 0.632. The second-order valence-corrected chi connectivity index (χ2v) is 3.64. The van der Waals surface area contributed by atoms with Crippen molar-refractivity contribution in [1.29, 1.82) is 0 Å². The Hall–Kier alpha value is -2.41. The van der Waals surface area contributed by atoms with Crippen molar-refractivity contribution in [3.8, 4) is 0 Å². The van der Waals surface area contributed by atoms with Gasteiger partial charge in [0.05, 0.1) is 6.54 Å². The number of nitrogens with zero attached hydrogens (tertiary/aromatic N) is 2. The molecule has 7 heteroatoms. The van der Waals surface area contributed by atoms with Crippen molar-refractivity contribution in [2.24, 2.45) is 5.73 Å². The molecule has 1 aromatic heterocycles. The lowest BCUT2D eigenvalue weighted by Gasteiger charge is -2.06. The maximum absolute atomic E-state index is 11.6. The fourth-order valence-electron chi connectivity index (χ4n) is 1.38. The Morgan fingerprint density at radius 1 is 1.33 bits per heavy atom. The van der Waals surface area contributed by atoms with Gasteiger partial charge in [-0.05, 0) is 17.7 Å². The summed E-state index contributed by atoms with van der Waals surface area (Å²) >= 11 is 0. The molecule has 2 rings (SSSR count). The van der Waals surface area contributed by atoms with Crippen LogP contribution >= 0.6 is 0 Å². The van der Waals surface area contributed by atoms with E-state index < -0.39 is 0 Å². The third-order valence-electron chi connectivity index (χ3n) is 2.33. The fourth-order valence-corrected chi connectivity index (χ4v) is 1.38. The number of hydrogen-bond acceptors (Lipinski definition) is 4. The molecule has 0 fully saturated rings. The van der Waals surface area contributed by atoms with E-state index in [9.17, 15) is 4.79 Å². The van der Waals surface area contributed by atoms with E-state index in [0.717, 1.165) is 5.56 Å². The summed E-state index contributed by atoms with van der Waals surface area (Å²) < 4.78 is 0. The minimum atomic E-state index is -0.299. The number of aromatic nitrogens is 3. The summed E-state index contributed by atoms with van der Waals surface area (Å²) in [5.74, 6) is 0.601. The summed E-state index contributed by atoms with van der Waals surface area (Å²) in [6.07, 6.45) is 1.39. The first-order valence-electron chi connectivity index (χ1n) is 5.46. The molecule has 1 heterocycles. The van der Waals surface area contributed by atoms with Gasteiger partial charge in [0.25, 0.3) is 0 Å². The molecule has 1 aromatic carbocycles. The van der Waals surface area contributed by atoms with E-state index in [-0.39, 0.29) is 6.03 Å². The van der Waals surface area contributed by atoms with Gasteiger partial charge in [-0.3, -0.25) is 5.10 Å². The number of H-pyrrole nitrogens is 1. The highest BCUT2D eigenvalue weighted by Crippen LogP contribution is 2.08. The maximum atomic E-state index is 11.6. The summed E-state index contributed by atoms with van der Waals surface area (Å²) in [6.45, 7) is 0.782. The molecule has 0 aliphatic carbocycles. The smallest absolute Gasteiger partial charge is 0.319 e. The van der Waals surface area contributed by atoms with Crippen LogP contribution in [0.15, 0.2) is 30.6 Å². The molecule has 0 spiro atoms.